The molecule has 1 aromatic rings. The Morgan fingerprint density at radius 3 is 2.47 bits per heavy atom. The van der Waals surface area contributed by atoms with Gasteiger partial charge >= 0.3 is 0 Å². The summed E-state index contributed by atoms with van der Waals surface area (Å²) in [4.78, 5) is 9.46. The summed E-state index contributed by atoms with van der Waals surface area (Å²) < 4.78 is 0. The Kier molecular flexibility index (Phi) is 3.55. The molecule has 0 radical (unpaired) electrons. The van der Waals surface area contributed by atoms with Gasteiger partial charge in [0.15, 0.2) is 0 Å². The lowest BCUT2D eigenvalue weighted by Crippen LogP contribution is -2.22. The van der Waals surface area contributed by atoms with Crippen molar-refractivity contribution in [1.82, 2.24) is 9.97 Å². The average molecular weight is 279 g/mol. The highest BCUT2D eigenvalue weighted by Gasteiger charge is 2.30. The van der Waals surface area contributed by atoms with Crippen molar-refractivity contribution in [3.8, 4) is 0 Å². The van der Waals surface area contributed by atoms with Crippen molar-refractivity contribution in [3.05, 3.63) is 22.2 Å². The first-order valence-electron chi connectivity index (χ1n) is 7.60. The molecule has 0 N–H and O–H groups in total. The van der Waals surface area contributed by atoms with Gasteiger partial charge in [-0.2, -0.15) is 0 Å². The molecule has 1 saturated carbocycles. The molecule has 2 aliphatic carbocycles. The number of aryl methyl sites for hydroxylation is 1. The van der Waals surface area contributed by atoms with Crippen LogP contribution >= 0.6 is 11.6 Å². The van der Waals surface area contributed by atoms with E-state index >= 15 is 0 Å². The van der Waals surface area contributed by atoms with E-state index in [9.17, 15) is 0 Å². The van der Waals surface area contributed by atoms with Gasteiger partial charge in [0.25, 0.3) is 0 Å². The molecule has 3 rings (SSSR count). The van der Waals surface area contributed by atoms with Crippen LogP contribution in [0.4, 0.5) is 0 Å². The summed E-state index contributed by atoms with van der Waals surface area (Å²) in [5, 5.41) is 0.726. The van der Waals surface area contributed by atoms with Crippen molar-refractivity contribution in [2.75, 3.05) is 0 Å². The first-order valence-corrected chi connectivity index (χ1v) is 7.98. The first kappa shape index (κ1) is 13.4. The number of fused-ring (bicyclic) bond motifs is 1. The van der Waals surface area contributed by atoms with Gasteiger partial charge in [0, 0.05) is 17.2 Å². The number of hydrogen-bond donors (Lipinski definition) is 0. The van der Waals surface area contributed by atoms with E-state index in [1.54, 1.807) is 0 Å². The summed E-state index contributed by atoms with van der Waals surface area (Å²) >= 11 is 6.37. The minimum absolute atomic E-state index is 0.495. The number of hydrogen-bond acceptors (Lipinski definition) is 2. The summed E-state index contributed by atoms with van der Waals surface area (Å²) in [5.41, 5.74) is 2.94. The molecule has 3 heteroatoms. The van der Waals surface area contributed by atoms with Crippen molar-refractivity contribution >= 4 is 11.6 Å². The van der Waals surface area contributed by atoms with Crippen LogP contribution in [0.2, 0.25) is 5.15 Å². The van der Waals surface area contributed by atoms with E-state index < -0.39 is 0 Å². The molecule has 0 spiro atoms. The molecule has 0 unspecified atom stereocenters. The number of nitrogens with zero attached hydrogens (tertiary/aromatic N) is 2. The predicted molar refractivity (Wildman–Crippen MR) is 78.7 cm³/mol. The fraction of sp³-hybridized carbons (Fsp3) is 0.750. The van der Waals surface area contributed by atoms with E-state index in [4.69, 9.17) is 16.6 Å². The van der Waals surface area contributed by atoms with Gasteiger partial charge in [0.05, 0.1) is 0 Å². The van der Waals surface area contributed by atoms with Crippen LogP contribution in [-0.4, -0.2) is 9.97 Å². The molecular formula is C16H23ClN2. The van der Waals surface area contributed by atoms with Crippen LogP contribution < -0.4 is 0 Å². The molecule has 1 aromatic heterocycles. The van der Waals surface area contributed by atoms with Crippen molar-refractivity contribution < 1.29 is 0 Å². The number of rotatable bonds is 1. The fourth-order valence-corrected chi connectivity index (χ4v) is 3.70. The van der Waals surface area contributed by atoms with E-state index in [-0.39, 0.29) is 0 Å². The van der Waals surface area contributed by atoms with Crippen LogP contribution in [0, 0.1) is 5.41 Å². The molecule has 1 fully saturated rings. The minimum Gasteiger partial charge on any atom is -0.237 e. The smallest absolute Gasteiger partial charge is 0.136 e. The van der Waals surface area contributed by atoms with Crippen molar-refractivity contribution in [3.63, 3.8) is 0 Å². The minimum atomic E-state index is 0.495. The lowest BCUT2D eigenvalue weighted by molar-refractivity contribution is 0.220. The first-order chi connectivity index (χ1) is 9.05. The van der Waals surface area contributed by atoms with Crippen LogP contribution in [-0.2, 0) is 12.8 Å². The maximum absolute atomic E-state index is 6.37. The van der Waals surface area contributed by atoms with E-state index in [0.717, 1.165) is 23.8 Å². The SMILES string of the molecule is CC1(C)CCC(c2nc(Cl)c3c(n2)CCCC3)CC1. The molecule has 0 aliphatic heterocycles. The average Bonchev–Trinajstić information content (AvgIpc) is 2.38. The van der Waals surface area contributed by atoms with Crippen LogP contribution in [0.25, 0.3) is 0 Å². The molecule has 1 heterocycles. The zero-order chi connectivity index (χ0) is 13.5. The van der Waals surface area contributed by atoms with Gasteiger partial charge in [-0.25, -0.2) is 9.97 Å². The van der Waals surface area contributed by atoms with E-state index in [1.165, 1.54) is 49.8 Å². The highest BCUT2D eigenvalue weighted by Crippen LogP contribution is 2.42. The molecule has 2 nitrogen and oxygen atoms in total. The second kappa shape index (κ2) is 5.05. The van der Waals surface area contributed by atoms with Crippen molar-refractivity contribution in [2.24, 2.45) is 5.41 Å². The molecule has 19 heavy (non-hydrogen) atoms. The molecule has 0 amide bonds. The summed E-state index contributed by atoms with van der Waals surface area (Å²) in [7, 11) is 0. The summed E-state index contributed by atoms with van der Waals surface area (Å²) in [6.07, 6.45) is 9.59. The third-order valence-electron chi connectivity index (χ3n) is 4.85. The molecule has 2 aliphatic rings. The second-order valence-corrected chi connectivity index (χ2v) is 7.30. The van der Waals surface area contributed by atoms with Gasteiger partial charge in [0.2, 0.25) is 0 Å². The van der Waals surface area contributed by atoms with Gasteiger partial charge in [-0.3, -0.25) is 0 Å². The Morgan fingerprint density at radius 2 is 1.74 bits per heavy atom. The maximum Gasteiger partial charge on any atom is 0.136 e. The monoisotopic (exact) mass is 278 g/mol. The number of aromatic nitrogens is 2. The van der Waals surface area contributed by atoms with Crippen molar-refractivity contribution in [1.29, 1.82) is 0 Å². The van der Waals surface area contributed by atoms with Crippen LogP contribution in [0.1, 0.15) is 75.4 Å². The molecule has 0 aromatic carbocycles. The van der Waals surface area contributed by atoms with E-state index in [2.05, 4.69) is 18.8 Å². The Balaban J connectivity index is 1.84. The van der Waals surface area contributed by atoms with Gasteiger partial charge in [0.1, 0.15) is 11.0 Å². The van der Waals surface area contributed by atoms with Gasteiger partial charge < -0.3 is 0 Å². The number of halogens is 1. The maximum atomic E-state index is 6.37. The Morgan fingerprint density at radius 1 is 1.05 bits per heavy atom. The topological polar surface area (TPSA) is 25.8 Å². The highest BCUT2D eigenvalue weighted by atomic mass is 35.5. The third-order valence-corrected chi connectivity index (χ3v) is 5.17. The lowest BCUT2D eigenvalue weighted by atomic mass is 9.73. The summed E-state index contributed by atoms with van der Waals surface area (Å²) in [6, 6.07) is 0. The zero-order valence-electron chi connectivity index (χ0n) is 12.0. The molecule has 0 atom stereocenters. The van der Waals surface area contributed by atoms with Gasteiger partial charge in [-0.1, -0.05) is 25.4 Å². The Labute approximate surface area is 121 Å². The quantitative estimate of drug-likeness (QED) is 0.696. The van der Waals surface area contributed by atoms with Gasteiger partial charge in [-0.15, -0.1) is 0 Å². The fourth-order valence-electron chi connectivity index (χ4n) is 3.41. The normalized spacial score (nSPS) is 23.1. The third kappa shape index (κ3) is 2.79. The molecule has 0 bridgehead atoms. The zero-order valence-corrected chi connectivity index (χ0v) is 12.8. The second-order valence-electron chi connectivity index (χ2n) is 6.94. The molecular weight excluding hydrogens is 256 g/mol. The van der Waals surface area contributed by atoms with Crippen LogP contribution in [0.5, 0.6) is 0 Å². The van der Waals surface area contributed by atoms with Gasteiger partial charge in [-0.05, 0) is 56.8 Å². The standard InChI is InChI=1S/C16H23ClN2/c1-16(2)9-7-11(8-10-16)15-18-13-6-4-3-5-12(13)14(17)19-15/h11H,3-10H2,1-2H3. The molecule has 104 valence electrons. The highest BCUT2D eigenvalue weighted by molar-refractivity contribution is 6.30. The summed E-state index contributed by atoms with van der Waals surface area (Å²) in [5.74, 6) is 1.54. The molecule has 0 saturated heterocycles. The van der Waals surface area contributed by atoms with E-state index in [0.29, 0.717) is 11.3 Å². The lowest BCUT2D eigenvalue weighted by Gasteiger charge is -2.34. The van der Waals surface area contributed by atoms with Crippen LogP contribution in [0.3, 0.4) is 0 Å². The summed E-state index contributed by atoms with van der Waals surface area (Å²) in [6.45, 7) is 4.73. The van der Waals surface area contributed by atoms with Crippen LogP contribution in [0.15, 0.2) is 0 Å². The Hall–Kier alpha value is -0.630. The Bertz CT molecular complexity index is 472. The van der Waals surface area contributed by atoms with Crippen molar-refractivity contribution in [2.45, 2.75) is 71.1 Å². The predicted octanol–water partition coefficient (Wildman–Crippen LogP) is 4.69. The van der Waals surface area contributed by atoms with E-state index in [1.807, 2.05) is 0 Å². The largest absolute Gasteiger partial charge is 0.237 e.